The van der Waals surface area contributed by atoms with Crippen molar-refractivity contribution in [2.75, 3.05) is 0 Å². The lowest BCUT2D eigenvalue weighted by atomic mass is 9.96. The van der Waals surface area contributed by atoms with Gasteiger partial charge < -0.3 is 9.13 Å². The Morgan fingerprint density at radius 3 is 1.00 bits per heavy atom. The molecule has 0 fully saturated rings. The van der Waals surface area contributed by atoms with E-state index in [4.69, 9.17) is 34.7 Å². The van der Waals surface area contributed by atoms with E-state index in [1.54, 1.807) is 0 Å². The predicted molar refractivity (Wildman–Crippen MR) is 360 cm³/mol. The van der Waals surface area contributed by atoms with Gasteiger partial charge in [0.1, 0.15) is 0 Å². The third-order valence-corrected chi connectivity index (χ3v) is 16.6. The van der Waals surface area contributed by atoms with E-state index in [0.717, 1.165) is 122 Å². The van der Waals surface area contributed by atoms with Crippen molar-refractivity contribution >= 4 is 60.7 Å². The Labute approximate surface area is 518 Å². The first-order valence-electron chi connectivity index (χ1n) is 29.0. The molecule has 0 aliphatic heterocycles. The summed E-state index contributed by atoms with van der Waals surface area (Å²) in [6.07, 6.45) is 0. The molecule has 15 aromatic rings. The number of benzene rings is 12. The highest BCUT2D eigenvalue weighted by Gasteiger charge is 2.25. The molecular formula is C80H44N10. The van der Waals surface area contributed by atoms with Crippen LogP contribution < -0.4 is 0 Å². The van der Waals surface area contributed by atoms with Gasteiger partial charge in [-0.25, -0.2) is 29.5 Å². The van der Waals surface area contributed by atoms with Gasteiger partial charge in [-0.1, -0.05) is 152 Å². The van der Waals surface area contributed by atoms with Crippen LogP contribution in [0.1, 0.15) is 11.1 Å². The van der Waals surface area contributed by atoms with Crippen LogP contribution >= 0.6 is 0 Å². The van der Waals surface area contributed by atoms with Gasteiger partial charge in [-0.2, -0.15) is 10.5 Å². The second-order valence-corrected chi connectivity index (χ2v) is 21.9. The van der Waals surface area contributed by atoms with Gasteiger partial charge in [-0.15, -0.1) is 0 Å². The summed E-state index contributed by atoms with van der Waals surface area (Å²) < 4.78 is 4.57. The zero-order valence-corrected chi connectivity index (χ0v) is 47.9. The molecule has 15 rings (SSSR count). The van der Waals surface area contributed by atoms with Crippen LogP contribution in [-0.4, -0.2) is 24.1 Å². The largest absolute Gasteiger partial charge is 0.309 e. The van der Waals surface area contributed by atoms with Gasteiger partial charge in [0, 0.05) is 49.4 Å². The minimum atomic E-state index is 0.449. The molecule has 0 aliphatic rings. The molecule has 10 heteroatoms. The average molecular weight is 1150 g/mol. The summed E-state index contributed by atoms with van der Waals surface area (Å²) in [7, 11) is 0. The molecule has 0 spiro atoms. The molecule has 90 heavy (non-hydrogen) atoms. The van der Waals surface area contributed by atoms with E-state index < -0.39 is 0 Å². The Morgan fingerprint density at radius 1 is 0.278 bits per heavy atom. The molecule has 0 saturated heterocycles. The standard InChI is InChI=1S/C80H44N10/c1-83-63-23-11-20-55(40-63)59-28-34-74-68(44-59)67-43-58(54-19-10-14-50(38-54)48-81)27-33-73(67)89(74)72-32-26-51(49-82)39-66(72)71-47-62(80-87-78(52-15-6-4-7-16-52)86-79(88-80)53-17-8-5-9-18-53)31-37-77(71)90-75-35-29-60(56-21-12-24-64(41-56)84-2)45-69(75)70-46-61(30-36-76(70)90)57-22-13-25-65(42-57)85-3/h4-47H. The SMILES string of the molecule is [C-]#[N+]c1cccc(-c2ccc3c(c2)c2cc(-c4cccc(C#N)c4)ccc2n3-c2ccc(C#N)cc2-c2cc(-c3nc(-c4ccccc4)nc(-c4ccccc4)n3)ccc2-n2c3ccc(-c4cccc([N+]#[C-])c4)cc3c3cc(-c4cccc([N+]#[C-])c4)ccc32)c1. The molecule has 0 bridgehead atoms. The first-order chi connectivity index (χ1) is 44.3. The summed E-state index contributed by atoms with van der Waals surface area (Å²) in [6, 6.07) is 93.2. The Morgan fingerprint density at radius 2 is 0.600 bits per heavy atom. The Hall–Kier alpha value is -13.3. The maximum absolute atomic E-state index is 11.0. The van der Waals surface area contributed by atoms with E-state index in [0.29, 0.717) is 51.2 Å². The van der Waals surface area contributed by atoms with Crippen LogP contribution in [0.4, 0.5) is 17.1 Å². The van der Waals surface area contributed by atoms with E-state index in [9.17, 15) is 10.5 Å². The second kappa shape index (κ2) is 22.3. The lowest BCUT2D eigenvalue weighted by Gasteiger charge is -2.20. The first kappa shape index (κ1) is 53.4. The number of nitriles is 2. The van der Waals surface area contributed by atoms with Gasteiger partial charge in [0.25, 0.3) is 0 Å². The predicted octanol–water partition coefficient (Wildman–Crippen LogP) is 20.8. The zero-order valence-electron chi connectivity index (χ0n) is 47.9. The van der Waals surface area contributed by atoms with E-state index in [-0.39, 0.29) is 0 Å². The number of aromatic nitrogens is 5. The van der Waals surface area contributed by atoms with Gasteiger partial charge >= 0.3 is 0 Å². The first-order valence-corrected chi connectivity index (χ1v) is 29.0. The Kier molecular flexibility index (Phi) is 13.2. The van der Waals surface area contributed by atoms with Crippen LogP contribution in [0.15, 0.2) is 267 Å². The zero-order chi connectivity index (χ0) is 60.8. The van der Waals surface area contributed by atoms with Gasteiger partial charge in [-0.05, 0) is 160 Å². The van der Waals surface area contributed by atoms with Crippen molar-refractivity contribution in [1.82, 2.24) is 24.1 Å². The molecule has 10 nitrogen and oxygen atoms in total. The normalized spacial score (nSPS) is 11.1. The van der Waals surface area contributed by atoms with Gasteiger partial charge in [0.2, 0.25) is 0 Å². The van der Waals surface area contributed by atoms with Crippen LogP contribution in [0.25, 0.3) is 159 Å². The molecule has 0 aliphatic carbocycles. The number of hydrogen-bond donors (Lipinski definition) is 0. The quantitative estimate of drug-likeness (QED) is 0.127. The molecule has 0 unspecified atom stereocenters. The highest BCUT2D eigenvalue weighted by atomic mass is 15.0. The van der Waals surface area contributed by atoms with Crippen molar-refractivity contribution in [2.45, 2.75) is 0 Å². The van der Waals surface area contributed by atoms with Crippen LogP contribution in [0.3, 0.4) is 0 Å². The topological polar surface area (TPSA) is 109 Å². The van der Waals surface area contributed by atoms with E-state index in [2.05, 4.69) is 127 Å². The molecule has 3 aromatic heterocycles. The van der Waals surface area contributed by atoms with Crippen LogP contribution in [0.5, 0.6) is 0 Å². The van der Waals surface area contributed by atoms with Gasteiger partial charge in [0.15, 0.2) is 34.5 Å². The Bertz CT molecular complexity index is 5400. The molecule has 12 aromatic carbocycles. The van der Waals surface area contributed by atoms with E-state index in [1.807, 2.05) is 176 Å². The monoisotopic (exact) mass is 1140 g/mol. The minimum Gasteiger partial charge on any atom is -0.309 e. The molecule has 0 atom stereocenters. The highest BCUT2D eigenvalue weighted by Crippen LogP contribution is 2.46. The summed E-state index contributed by atoms with van der Waals surface area (Å²) in [5, 5.41) is 24.9. The third-order valence-electron chi connectivity index (χ3n) is 16.6. The van der Waals surface area contributed by atoms with Crippen molar-refractivity contribution in [1.29, 1.82) is 10.5 Å². The summed E-state index contributed by atoms with van der Waals surface area (Å²) in [6.45, 7) is 23.6. The summed E-state index contributed by atoms with van der Waals surface area (Å²) >= 11 is 0. The number of hydrogen-bond acceptors (Lipinski definition) is 5. The summed E-state index contributed by atoms with van der Waals surface area (Å²) in [5.41, 5.74) is 19.2. The molecule has 0 saturated carbocycles. The molecule has 0 amide bonds. The molecule has 414 valence electrons. The smallest absolute Gasteiger partial charge is 0.187 e. The molecule has 0 N–H and O–H groups in total. The van der Waals surface area contributed by atoms with Crippen molar-refractivity contribution in [3.63, 3.8) is 0 Å². The number of fused-ring (bicyclic) bond motifs is 6. The molecule has 0 radical (unpaired) electrons. The maximum atomic E-state index is 11.0. The van der Waals surface area contributed by atoms with E-state index in [1.165, 1.54) is 0 Å². The van der Waals surface area contributed by atoms with Crippen molar-refractivity contribution in [2.24, 2.45) is 0 Å². The third kappa shape index (κ3) is 9.50. The number of nitrogens with zero attached hydrogens (tertiary/aromatic N) is 10. The van der Waals surface area contributed by atoms with Crippen molar-refractivity contribution in [3.05, 3.63) is 312 Å². The fourth-order valence-electron chi connectivity index (χ4n) is 12.4. The maximum Gasteiger partial charge on any atom is 0.187 e. The van der Waals surface area contributed by atoms with E-state index >= 15 is 0 Å². The fraction of sp³-hybridized carbons (Fsp3) is 0. The number of rotatable bonds is 10. The lowest BCUT2D eigenvalue weighted by Crippen LogP contribution is -2.04. The van der Waals surface area contributed by atoms with Crippen LogP contribution in [-0.2, 0) is 0 Å². The van der Waals surface area contributed by atoms with Crippen LogP contribution in [0.2, 0.25) is 0 Å². The summed E-state index contributed by atoms with van der Waals surface area (Å²) in [4.78, 5) is 26.8. The lowest BCUT2D eigenvalue weighted by molar-refractivity contribution is 1.07. The minimum absolute atomic E-state index is 0.449. The summed E-state index contributed by atoms with van der Waals surface area (Å²) in [5.74, 6) is 1.48. The molecule has 3 heterocycles. The second-order valence-electron chi connectivity index (χ2n) is 21.9. The molecular weight excluding hydrogens is 1100 g/mol. The van der Waals surface area contributed by atoms with Crippen molar-refractivity contribution < 1.29 is 0 Å². The van der Waals surface area contributed by atoms with Crippen LogP contribution in [0, 0.1) is 42.4 Å². The highest BCUT2D eigenvalue weighted by molar-refractivity contribution is 6.14. The Balaban J connectivity index is 1.04. The van der Waals surface area contributed by atoms with Gasteiger partial charge in [-0.3, -0.25) is 0 Å². The fourth-order valence-corrected chi connectivity index (χ4v) is 12.4. The van der Waals surface area contributed by atoms with Gasteiger partial charge in [0.05, 0.1) is 76.4 Å². The average Bonchev–Trinajstić information content (AvgIpc) is 1.55. The van der Waals surface area contributed by atoms with Crippen molar-refractivity contribution in [3.8, 4) is 113 Å².